The summed E-state index contributed by atoms with van der Waals surface area (Å²) in [5.74, 6) is -0.882. The van der Waals surface area contributed by atoms with Crippen molar-refractivity contribution in [2.75, 3.05) is 11.0 Å². The van der Waals surface area contributed by atoms with Crippen LogP contribution in [0.4, 0.5) is 10.1 Å². The van der Waals surface area contributed by atoms with Gasteiger partial charge in [-0.1, -0.05) is 12.1 Å². The van der Waals surface area contributed by atoms with E-state index in [1.54, 1.807) is 6.07 Å². The maximum atomic E-state index is 13.2. The van der Waals surface area contributed by atoms with Gasteiger partial charge < -0.3 is 0 Å². The van der Waals surface area contributed by atoms with Crippen LogP contribution in [0.25, 0.3) is 10.2 Å². The lowest BCUT2D eigenvalue weighted by molar-refractivity contribution is 0.598. The van der Waals surface area contributed by atoms with Crippen molar-refractivity contribution in [1.82, 2.24) is 4.98 Å². The highest BCUT2D eigenvalue weighted by Crippen LogP contribution is 2.28. The molecule has 0 aliphatic carbocycles. The van der Waals surface area contributed by atoms with Crippen molar-refractivity contribution in [3.05, 3.63) is 53.8 Å². The van der Waals surface area contributed by atoms with Crippen molar-refractivity contribution in [1.29, 1.82) is 0 Å². The molecule has 0 unspecified atom stereocenters. The van der Waals surface area contributed by atoms with Crippen LogP contribution in [0.3, 0.4) is 0 Å². The number of hydrogen-bond donors (Lipinski definition) is 1. The Hall–Kier alpha value is -2.04. The first-order valence-corrected chi connectivity index (χ1v) is 11.3. The minimum absolute atomic E-state index is 0.0257. The van der Waals surface area contributed by atoms with E-state index >= 15 is 0 Å². The summed E-state index contributed by atoms with van der Waals surface area (Å²) in [6.45, 7) is 0. The van der Waals surface area contributed by atoms with Crippen LogP contribution in [0.1, 0.15) is 5.56 Å². The fourth-order valence-corrected chi connectivity index (χ4v) is 5.24. The van der Waals surface area contributed by atoms with Gasteiger partial charge in [0.05, 0.1) is 21.7 Å². The van der Waals surface area contributed by atoms with Gasteiger partial charge in [-0.15, -0.1) is 11.3 Å². The van der Waals surface area contributed by atoms with Gasteiger partial charge in [0.1, 0.15) is 5.82 Å². The minimum Gasteiger partial charge on any atom is -0.283 e. The molecule has 0 aliphatic rings. The Balaban J connectivity index is 1.86. The van der Waals surface area contributed by atoms with Crippen LogP contribution in [-0.2, 0) is 25.6 Å². The molecule has 3 aromatic rings. The number of sulfone groups is 1. The average molecular weight is 400 g/mol. The van der Waals surface area contributed by atoms with Crippen LogP contribution in [0.15, 0.2) is 46.8 Å². The largest absolute Gasteiger partial charge is 0.283 e. The molecule has 2 aromatic carbocycles. The second kappa shape index (κ2) is 6.36. The highest BCUT2D eigenvalue weighted by Gasteiger charge is 2.16. The number of nitrogens with one attached hydrogen (secondary N) is 1. The molecule has 1 aromatic heterocycles. The Morgan fingerprint density at radius 3 is 2.56 bits per heavy atom. The molecule has 0 saturated carbocycles. The first-order chi connectivity index (χ1) is 11.6. The molecule has 6 nitrogen and oxygen atoms in total. The molecule has 0 amide bonds. The van der Waals surface area contributed by atoms with Gasteiger partial charge in [0.15, 0.2) is 0 Å². The lowest BCUT2D eigenvalue weighted by Crippen LogP contribution is -2.15. The Morgan fingerprint density at radius 1 is 1.12 bits per heavy atom. The number of anilines is 1. The molecule has 0 saturated heterocycles. The maximum Gasteiger partial charge on any atom is 0.236 e. The number of fused-ring (bicyclic) bond motifs is 1. The highest BCUT2D eigenvalue weighted by molar-refractivity contribution is 7.92. The average Bonchev–Trinajstić information content (AvgIpc) is 2.89. The fraction of sp³-hybridized carbons (Fsp3) is 0.133. The van der Waals surface area contributed by atoms with E-state index in [-0.39, 0.29) is 15.8 Å². The summed E-state index contributed by atoms with van der Waals surface area (Å²) in [5, 5.41) is 0. The molecule has 1 N–H and O–H groups in total. The van der Waals surface area contributed by atoms with E-state index in [0.717, 1.165) is 23.7 Å². The van der Waals surface area contributed by atoms with Crippen molar-refractivity contribution < 1.29 is 21.2 Å². The molecular formula is C15H13FN2O4S3. The molecule has 0 radical (unpaired) electrons. The first kappa shape index (κ1) is 17.8. The number of benzene rings is 2. The molecule has 0 bridgehead atoms. The van der Waals surface area contributed by atoms with Gasteiger partial charge in [-0.25, -0.2) is 26.2 Å². The van der Waals surface area contributed by atoms with E-state index in [1.165, 1.54) is 30.3 Å². The monoisotopic (exact) mass is 400 g/mol. The predicted octanol–water partition coefficient (Wildman–Crippen LogP) is 2.78. The van der Waals surface area contributed by atoms with Gasteiger partial charge in [0.2, 0.25) is 24.2 Å². The van der Waals surface area contributed by atoms with Gasteiger partial charge in [0.25, 0.3) is 0 Å². The Kier molecular flexibility index (Phi) is 4.52. The highest BCUT2D eigenvalue weighted by atomic mass is 32.2. The third kappa shape index (κ3) is 4.33. The molecule has 1 heterocycles. The SMILES string of the molecule is CS(=O)(=O)c1nc2ccc(NS(=O)(=O)Cc3cccc(F)c3)cc2s1. The van der Waals surface area contributed by atoms with E-state index < -0.39 is 25.7 Å². The van der Waals surface area contributed by atoms with E-state index in [4.69, 9.17) is 0 Å². The van der Waals surface area contributed by atoms with Gasteiger partial charge in [0, 0.05) is 6.26 Å². The molecule has 0 atom stereocenters. The third-order valence-corrected chi connectivity index (χ3v) is 7.16. The number of sulfonamides is 1. The van der Waals surface area contributed by atoms with Gasteiger partial charge in [-0.2, -0.15) is 0 Å². The molecule has 0 aliphatic heterocycles. The summed E-state index contributed by atoms with van der Waals surface area (Å²) < 4.78 is 63.7. The van der Waals surface area contributed by atoms with Crippen molar-refractivity contribution in [3.63, 3.8) is 0 Å². The summed E-state index contributed by atoms with van der Waals surface area (Å²) in [7, 11) is -7.17. The number of hydrogen-bond acceptors (Lipinski definition) is 6. The molecule has 10 heteroatoms. The van der Waals surface area contributed by atoms with Crippen LogP contribution in [-0.4, -0.2) is 28.1 Å². The van der Waals surface area contributed by atoms with E-state index in [9.17, 15) is 21.2 Å². The van der Waals surface area contributed by atoms with Crippen LogP contribution in [0, 0.1) is 5.82 Å². The quantitative estimate of drug-likeness (QED) is 0.711. The Morgan fingerprint density at radius 2 is 1.88 bits per heavy atom. The smallest absolute Gasteiger partial charge is 0.236 e. The van der Waals surface area contributed by atoms with E-state index in [2.05, 4.69) is 9.71 Å². The number of rotatable bonds is 5. The second-order valence-corrected chi connectivity index (χ2v) is 10.4. The van der Waals surface area contributed by atoms with Gasteiger partial charge >= 0.3 is 0 Å². The van der Waals surface area contributed by atoms with Crippen LogP contribution < -0.4 is 4.72 Å². The Labute approximate surface area is 148 Å². The van der Waals surface area contributed by atoms with Crippen molar-refractivity contribution in [2.45, 2.75) is 10.1 Å². The molecule has 132 valence electrons. The minimum atomic E-state index is -3.75. The summed E-state index contributed by atoms with van der Waals surface area (Å²) >= 11 is 0.967. The topological polar surface area (TPSA) is 93.2 Å². The normalized spacial score (nSPS) is 12.4. The lowest BCUT2D eigenvalue weighted by atomic mass is 10.2. The molecule has 25 heavy (non-hydrogen) atoms. The zero-order valence-corrected chi connectivity index (χ0v) is 15.4. The predicted molar refractivity (Wildman–Crippen MR) is 95.4 cm³/mol. The lowest BCUT2D eigenvalue weighted by Gasteiger charge is -2.08. The number of thiazole rings is 1. The van der Waals surface area contributed by atoms with Crippen LogP contribution in [0.2, 0.25) is 0 Å². The molecule has 0 spiro atoms. The zero-order valence-electron chi connectivity index (χ0n) is 12.9. The summed E-state index contributed by atoms with van der Waals surface area (Å²) in [6.07, 6.45) is 1.06. The molecular weight excluding hydrogens is 387 g/mol. The van der Waals surface area contributed by atoms with Crippen LogP contribution >= 0.6 is 11.3 Å². The maximum absolute atomic E-state index is 13.2. The standard InChI is InChI=1S/C15H13FN2O4S3/c1-24(19,20)15-17-13-6-5-12(8-14(13)23-15)18-25(21,22)9-10-3-2-4-11(16)7-10/h2-8,18H,9H2,1H3. The summed E-state index contributed by atoms with van der Waals surface area (Å²) in [6, 6.07) is 9.91. The number of nitrogens with zero attached hydrogens (tertiary/aromatic N) is 1. The third-order valence-electron chi connectivity index (χ3n) is 3.21. The van der Waals surface area contributed by atoms with Crippen molar-refractivity contribution in [2.24, 2.45) is 0 Å². The second-order valence-electron chi connectivity index (χ2n) is 5.43. The first-order valence-electron chi connectivity index (χ1n) is 6.98. The number of aromatic nitrogens is 1. The van der Waals surface area contributed by atoms with Gasteiger partial charge in [-0.05, 0) is 35.9 Å². The van der Waals surface area contributed by atoms with E-state index in [0.29, 0.717) is 15.8 Å². The summed E-state index contributed by atoms with van der Waals surface area (Å²) in [5.41, 5.74) is 1.08. The van der Waals surface area contributed by atoms with Crippen LogP contribution in [0.5, 0.6) is 0 Å². The summed E-state index contributed by atoms with van der Waals surface area (Å²) in [4.78, 5) is 4.01. The zero-order chi connectivity index (χ0) is 18.2. The van der Waals surface area contributed by atoms with Crippen molar-refractivity contribution in [3.8, 4) is 0 Å². The fourth-order valence-electron chi connectivity index (χ4n) is 2.19. The number of halogens is 1. The molecule has 3 rings (SSSR count). The van der Waals surface area contributed by atoms with Crippen molar-refractivity contribution >= 4 is 47.1 Å². The van der Waals surface area contributed by atoms with Gasteiger partial charge in [-0.3, -0.25) is 4.72 Å². The Bertz CT molecular complexity index is 1150. The van der Waals surface area contributed by atoms with E-state index in [1.807, 2.05) is 0 Å². The molecule has 0 fully saturated rings.